The third kappa shape index (κ3) is 4.99. The lowest BCUT2D eigenvalue weighted by atomic mass is 10.1. The smallest absolute Gasteiger partial charge is 0.260 e. The zero-order valence-corrected chi connectivity index (χ0v) is 17.7. The van der Waals surface area contributed by atoms with Crippen LogP contribution in [0.2, 0.25) is 0 Å². The van der Waals surface area contributed by atoms with Gasteiger partial charge in [0.1, 0.15) is 11.6 Å². The van der Waals surface area contributed by atoms with Crippen molar-refractivity contribution in [3.63, 3.8) is 0 Å². The van der Waals surface area contributed by atoms with Gasteiger partial charge in [0.15, 0.2) is 12.4 Å². The van der Waals surface area contributed by atoms with Crippen molar-refractivity contribution in [2.75, 3.05) is 37.7 Å². The highest BCUT2D eigenvalue weighted by Gasteiger charge is 2.22. The first kappa shape index (κ1) is 20.8. The van der Waals surface area contributed by atoms with Crippen molar-refractivity contribution >= 4 is 11.7 Å². The van der Waals surface area contributed by atoms with Crippen LogP contribution in [-0.4, -0.2) is 53.8 Å². The number of aromatic nitrogens is 2. The van der Waals surface area contributed by atoms with E-state index in [-0.39, 0.29) is 18.3 Å². The molecule has 0 unspecified atom stereocenters. The summed E-state index contributed by atoms with van der Waals surface area (Å²) < 4.78 is 18.8. The number of benzene rings is 2. The number of anilines is 1. The maximum Gasteiger partial charge on any atom is 0.260 e. The van der Waals surface area contributed by atoms with Gasteiger partial charge in [0.25, 0.3) is 5.91 Å². The standard InChI is InChI=1S/C24H25FN4O2/c1-17-3-4-18(2)22(15-17)31-16-24(30)29-13-11-28(12-14-29)23-10-9-21(26-27-23)19-5-7-20(25)8-6-19/h3-10,15H,11-14,16H2,1-2H3. The summed E-state index contributed by atoms with van der Waals surface area (Å²) in [5, 5.41) is 8.59. The van der Waals surface area contributed by atoms with Crippen molar-refractivity contribution in [3.05, 3.63) is 71.5 Å². The molecule has 2 heterocycles. The average molecular weight is 420 g/mol. The van der Waals surface area contributed by atoms with Gasteiger partial charge in [-0.25, -0.2) is 4.39 Å². The van der Waals surface area contributed by atoms with Gasteiger partial charge >= 0.3 is 0 Å². The highest BCUT2D eigenvalue weighted by atomic mass is 19.1. The zero-order chi connectivity index (χ0) is 21.8. The Labute approximate surface area is 181 Å². The number of piperazine rings is 1. The number of halogens is 1. The van der Waals surface area contributed by atoms with E-state index < -0.39 is 0 Å². The summed E-state index contributed by atoms with van der Waals surface area (Å²) in [5.74, 6) is 1.23. The van der Waals surface area contributed by atoms with E-state index in [9.17, 15) is 9.18 Å². The molecule has 4 rings (SSSR count). The highest BCUT2D eigenvalue weighted by Crippen LogP contribution is 2.21. The molecule has 0 spiro atoms. The summed E-state index contributed by atoms with van der Waals surface area (Å²) >= 11 is 0. The second-order valence-corrected chi connectivity index (χ2v) is 7.71. The van der Waals surface area contributed by atoms with E-state index in [0.29, 0.717) is 31.9 Å². The highest BCUT2D eigenvalue weighted by molar-refractivity contribution is 5.78. The number of amides is 1. The first-order valence-electron chi connectivity index (χ1n) is 10.3. The zero-order valence-electron chi connectivity index (χ0n) is 17.7. The number of aryl methyl sites for hydroxylation is 2. The van der Waals surface area contributed by atoms with E-state index >= 15 is 0 Å². The third-order valence-corrected chi connectivity index (χ3v) is 5.44. The van der Waals surface area contributed by atoms with Crippen molar-refractivity contribution < 1.29 is 13.9 Å². The second kappa shape index (κ2) is 9.12. The molecule has 0 N–H and O–H groups in total. The molecule has 0 bridgehead atoms. The van der Waals surface area contributed by atoms with E-state index in [1.165, 1.54) is 12.1 Å². The van der Waals surface area contributed by atoms with Crippen LogP contribution in [0.1, 0.15) is 11.1 Å². The molecular formula is C24H25FN4O2. The van der Waals surface area contributed by atoms with Crippen LogP contribution in [0, 0.1) is 19.7 Å². The van der Waals surface area contributed by atoms with E-state index in [2.05, 4.69) is 15.1 Å². The predicted octanol–water partition coefficient (Wildman–Crippen LogP) is 3.63. The Morgan fingerprint density at radius 1 is 0.968 bits per heavy atom. The van der Waals surface area contributed by atoms with E-state index in [0.717, 1.165) is 28.3 Å². The lowest BCUT2D eigenvalue weighted by Gasteiger charge is -2.35. The van der Waals surface area contributed by atoms with Gasteiger partial charge in [0, 0.05) is 31.7 Å². The van der Waals surface area contributed by atoms with Crippen molar-refractivity contribution in [3.8, 4) is 17.0 Å². The minimum atomic E-state index is -0.278. The van der Waals surface area contributed by atoms with Gasteiger partial charge in [-0.15, -0.1) is 10.2 Å². The van der Waals surface area contributed by atoms with Crippen LogP contribution in [0.25, 0.3) is 11.3 Å². The number of carbonyl (C=O) groups is 1. The Morgan fingerprint density at radius 3 is 2.39 bits per heavy atom. The lowest BCUT2D eigenvalue weighted by Crippen LogP contribution is -2.50. The number of nitrogens with zero attached hydrogens (tertiary/aromatic N) is 4. The number of ether oxygens (including phenoxy) is 1. The monoisotopic (exact) mass is 420 g/mol. The molecule has 2 aromatic carbocycles. The largest absolute Gasteiger partial charge is 0.483 e. The molecule has 0 radical (unpaired) electrons. The maximum absolute atomic E-state index is 13.1. The first-order valence-corrected chi connectivity index (χ1v) is 10.3. The van der Waals surface area contributed by atoms with Gasteiger partial charge in [-0.2, -0.15) is 0 Å². The molecule has 1 amide bonds. The predicted molar refractivity (Wildman–Crippen MR) is 118 cm³/mol. The molecule has 1 aliphatic rings. The first-order chi connectivity index (χ1) is 15.0. The van der Waals surface area contributed by atoms with Gasteiger partial charge in [0.05, 0.1) is 5.69 Å². The van der Waals surface area contributed by atoms with Crippen LogP contribution in [0.15, 0.2) is 54.6 Å². The van der Waals surface area contributed by atoms with Crippen LogP contribution >= 0.6 is 0 Å². The van der Waals surface area contributed by atoms with E-state index in [1.54, 1.807) is 12.1 Å². The lowest BCUT2D eigenvalue weighted by molar-refractivity contribution is -0.133. The van der Waals surface area contributed by atoms with Crippen LogP contribution in [0.5, 0.6) is 5.75 Å². The van der Waals surface area contributed by atoms with Crippen LogP contribution in [0.3, 0.4) is 0 Å². The van der Waals surface area contributed by atoms with E-state index in [1.807, 2.05) is 49.1 Å². The minimum absolute atomic E-state index is 0.0155. The van der Waals surface area contributed by atoms with Crippen LogP contribution in [0.4, 0.5) is 10.2 Å². The molecule has 160 valence electrons. The SMILES string of the molecule is Cc1ccc(C)c(OCC(=O)N2CCN(c3ccc(-c4ccc(F)cc4)nn3)CC2)c1. The second-order valence-electron chi connectivity index (χ2n) is 7.71. The molecule has 7 heteroatoms. The Hall–Kier alpha value is -3.48. The molecule has 1 aliphatic heterocycles. The number of hydrogen-bond donors (Lipinski definition) is 0. The molecule has 3 aromatic rings. The average Bonchev–Trinajstić information content (AvgIpc) is 2.80. The van der Waals surface area contributed by atoms with Crippen molar-refractivity contribution in [1.82, 2.24) is 15.1 Å². The van der Waals surface area contributed by atoms with Gasteiger partial charge in [-0.1, -0.05) is 12.1 Å². The quantitative estimate of drug-likeness (QED) is 0.631. The summed E-state index contributed by atoms with van der Waals surface area (Å²) in [7, 11) is 0. The van der Waals surface area contributed by atoms with Crippen LogP contribution in [-0.2, 0) is 4.79 Å². The molecule has 1 aromatic heterocycles. The van der Waals surface area contributed by atoms with Gasteiger partial charge in [-0.05, 0) is 67.4 Å². The minimum Gasteiger partial charge on any atom is -0.483 e. The number of hydrogen-bond acceptors (Lipinski definition) is 5. The fourth-order valence-electron chi connectivity index (χ4n) is 3.55. The molecule has 0 aliphatic carbocycles. The Bertz CT molecular complexity index is 1050. The molecule has 0 atom stereocenters. The maximum atomic E-state index is 13.1. The third-order valence-electron chi connectivity index (χ3n) is 5.44. The van der Waals surface area contributed by atoms with Gasteiger partial charge < -0.3 is 14.5 Å². The summed E-state index contributed by atoms with van der Waals surface area (Å²) in [6, 6.07) is 15.9. The number of carbonyl (C=O) groups excluding carboxylic acids is 1. The Morgan fingerprint density at radius 2 is 1.71 bits per heavy atom. The van der Waals surface area contributed by atoms with Crippen molar-refractivity contribution in [2.24, 2.45) is 0 Å². The molecular weight excluding hydrogens is 395 g/mol. The normalized spacial score (nSPS) is 13.9. The van der Waals surface area contributed by atoms with Gasteiger partial charge in [0.2, 0.25) is 0 Å². The Balaban J connectivity index is 1.30. The molecule has 1 saturated heterocycles. The van der Waals surface area contributed by atoms with Crippen molar-refractivity contribution in [1.29, 1.82) is 0 Å². The molecule has 0 saturated carbocycles. The fraction of sp³-hybridized carbons (Fsp3) is 0.292. The van der Waals surface area contributed by atoms with E-state index in [4.69, 9.17) is 4.74 Å². The van der Waals surface area contributed by atoms with Crippen molar-refractivity contribution in [2.45, 2.75) is 13.8 Å². The van der Waals surface area contributed by atoms with Crippen LogP contribution < -0.4 is 9.64 Å². The fourth-order valence-corrected chi connectivity index (χ4v) is 3.55. The summed E-state index contributed by atoms with van der Waals surface area (Å²) in [4.78, 5) is 16.5. The summed E-state index contributed by atoms with van der Waals surface area (Å²) in [6.45, 7) is 6.59. The molecule has 6 nitrogen and oxygen atoms in total. The Kier molecular flexibility index (Phi) is 6.11. The topological polar surface area (TPSA) is 58.6 Å². The summed E-state index contributed by atoms with van der Waals surface area (Å²) in [5.41, 5.74) is 3.64. The molecule has 31 heavy (non-hydrogen) atoms. The van der Waals surface area contributed by atoms with Gasteiger partial charge in [-0.3, -0.25) is 4.79 Å². The summed E-state index contributed by atoms with van der Waals surface area (Å²) in [6.07, 6.45) is 0. The number of rotatable bonds is 5. The molecule has 1 fully saturated rings.